The Hall–Kier alpha value is -4.21. The SMILES string of the molecule is CCN(Cc1nc(-c2ccc(C)c(NC(=O)c3cnc4ccccn34)c2)no1)C(=O)OC(C)(C)C. The number of benzene rings is 1. The predicted molar refractivity (Wildman–Crippen MR) is 130 cm³/mol. The topological polar surface area (TPSA) is 115 Å². The average Bonchev–Trinajstić information content (AvgIpc) is 3.45. The van der Waals surface area contributed by atoms with E-state index < -0.39 is 11.7 Å². The molecule has 10 heteroatoms. The van der Waals surface area contributed by atoms with Crippen molar-refractivity contribution in [2.45, 2.75) is 46.8 Å². The summed E-state index contributed by atoms with van der Waals surface area (Å²) < 4.78 is 12.5. The Labute approximate surface area is 202 Å². The molecule has 35 heavy (non-hydrogen) atoms. The maximum atomic E-state index is 12.9. The number of hydrogen-bond donors (Lipinski definition) is 1. The summed E-state index contributed by atoms with van der Waals surface area (Å²) in [6, 6.07) is 11.0. The van der Waals surface area contributed by atoms with Gasteiger partial charge in [-0.15, -0.1) is 0 Å². The highest BCUT2D eigenvalue weighted by molar-refractivity contribution is 6.04. The van der Waals surface area contributed by atoms with Crippen LogP contribution >= 0.6 is 0 Å². The van der Waals surface area contributed by atoms with Gasteiger partial charge in [0.2, 0.25) is 11.7 Å². The summed E-state index contributed by atoms with van der Waals surface area (Å²) in [5.74, 6) is 0.351. The molecule has 0 saturated carbocycles. The fraction of sp³-hybridized carbons (Fsp3) is 0.320. The largest absolute Gasteiger partial charge is 0.444 e. The van der Waals surface area contributed by atoms with Crippen LogP contribution in [0, 0.1) is 6.92 Å². The lowest BCUT2D eigenvalue weighted by Gasteiger charge is -2.25. The smallest absolute Gasteiger partial charge is 0.410 e. The van der Waals surface area contributed by atoms with Crippen molar-refractivity contribution in [3.8, 4) is 11.4 Å². The molecule has 0 unspecified atom stereocenters. The van der Waals surface area contributed by atoms with Crippen molar-refractivity contribution in [1.82, 2.24) is 24.4 Å². The second kappa shape index (κ2) is 9.57. The van der Waals surface area contributed by atoms with Crippen molar-refractivity contribution in [2.75, 3.05) is 11.9 Å². The van der Waals surface area contributed by atoms with E-state index >= 15 is 0 Å². The molecule has 3 aromatic heterocycles. The maximum absolute atomic E-state index is 12.9. The minimum absolute atomic E-state index is 0.127. The van der Waals surface area contributed by atoms with Crippen LogP contribution in [0.1, 0.15) is 49.6 Å². The third-order valence-corrected chi connectivity index (χ3v) is 5.22. The molecule has 0 fully saturated rings. The second-order valence-corrected chi connectivity index (χ2v) is 9.06. The molecule has 0 radical (unpaired) electrons. The Morgan fingerprint density at radius 1 is 1.20 bits per heavy atom. The molecule has 4 rings (SSSR count). The summed E-state index contributed by atoms with van der Waals surface area (Å²) in [5.41, 5.74) is 2.68. The van der Waals surface area contributed by atoms with E-state index in [9.17, 15) is 9.59 Å². The summed E-state index contributed by atoms with van der Waals surface area (Å²) in [6.45, 7) is 9.74. The van der Waals surface area contributed by atoms with E-state index in [0.29, 0.717) is 35.0 Å². The summed E-state index contributed by atoms with van der Waals surface area (Å²) in [6.07, 6.45) is 2.88. The molecule has 3 heterocycles. The summed E-state index contributed by atoms with van der Waals surface area (Å²) >= 11 is 0. The average molecular weight is 477 g/mol. The highest BCUT2D eigenvalue weighted by Gasteiger charge is 2.23. The van der Waals surface area contributed by atoms with Crippen molar-refractivity contribution < 1.29 is 18.8 Å². The van der Waals surface area contributed by atoms with Crippen molar-refractivity contribution >= 4 is 23.3 Å². The number of nitrogens with one attached hydrogen (secondary N) is 1. The number of pyridine rings is 1. The third-order valence-electron chi connectivity index (χ3n) is 5.22. The highest BCUT2D eigenvalue weighted by atomic mass is 16.6. The van der Waals surface area contributed by atoms with Gasteiger partial charge in [0.25, 0.3) is 5.91 Å². The monoisotopic (exact) mass is 476 g/mol. The normalized spacial score (nSPS) is 11.5. The second-order valence-electron chi connectivity index (χ2n) is 9.06. The number of rotatable bonds is 6. The van der Waals surface area contributed by atoms with E-state index in [1.165, 1.54) is 4.90 Å². The van der Waals surface area contributed by atoms with E-state index in [4.69, 9.17) is 9.26 Å². The van der Waals surface area contributed by atoms with Crippen LogP contribution < -0.4 is 5.32 Å². The number of aryl methyl sites for hydroxylation is 1. The fourth-order valence-electron chi connectivity index (χ4n) is 3.41. The van der Waals surface area contributed by atoms with Gasteiger partial charge in [0.05, 0.1) is 6.20 Å². The quantitative estimate of drug-likeness (QED) is 0.429. The lowest BCUT2D eigenvalue weighted by atomic mass is 10.1. The van der Waals surface area contributed by atoms with Gasteiger partial charge < -0.3 is 14.6 Å². The van der Waals surface area contributed by atoms with E-state index in [0.717, 1.165) is 5.56 Å². The molecular weight excluding hydrogens is 448 g/mol. The molecule has 0 aliphatic rings. The van der Waals surface area contributed by atoms with Crippen molar-refractivity contribution in [2.24, 2.45) is 0 Å². The van der Waals surface area contributed by atoms with Crippen LogP contribution in [0.2, 0.25) is 0 Å². The molecule has 182 valence electrons. The van der Waals surface area contributed by atoms with Gasteiger partial charge in [0, 0.05) is 24.0 Å². The Kier molecular flexibility index (Phi) is 6.54. The number of imidazole rings is 1. The van der Waals surface area contributed by atoms with Gasteiger partial charge in [-0.3, -0.25) is 14.1 Å². The van der Waals surface area contributed by atoms with Crippen LogP contribution in [0.15, 0.2) is 53.3 Å². The van der Waals surface area contributed by atoms with Gasteiger partial charge >= 0.3 is 6.09 Å². The summed E-state index contributed by atoms with van der Waals surface area (Å²) in [7, 11) is 0. The molecule has 1 aromatic carbocycles. The van der Waals surface area contributed by atoms with Crippen LogP contribution in [-0.4, -0.2) is 48.6 Å². The van der Waals surface area contributed by atoms with Gasteiger partial charge in [-0.25, -0.2) is 9.78 Å². The van der Waals surface area contributed by atoms with Crippen LogP contribution in [0.5, 0.6) is 0 Å². The first kappa shape index (κ1) is 23.9. The molecule has 10 nitrogen and oxygen atoms in total. The van der Waals surface area contributed by atoms with Gasteiger partial charge in [0.15, 0.2) is 0 Å². The maximum Gasteiger partial charge on any atom is 0.410 e. The minimum atomic E-state index is -0.601. The molecule has 0 spiro atoms. The molecule has 0 aliphatic carbocycles. The van der Waals surface area contributed by atoms with Crippen LogP contribution in [-0.2, 0) is 11.3 Å². The number of hydrogen-bond acceptors (Lipinski definition) is 7. The van der Waals surface area contributed by atoms with Gasteiger partial charge in [-0.2, -0.15) is 4.98 Å². The van der Waals surface area contributed by atoms with Crippen LogP contribution in [0.3, 0.4) is 0 Å². The molecular formula is C25H28N6O4. The Balaban J connectivity index is 1.51. The Morgan fingerprint density at radius 3 is 2.74 bits per heavy atom. The lowest BCUT2D eigenvalue weighted by Crippen LogP contribution is -2.36. The lowest BCUT2D eigenvalue weighted by molar-refractivity contribution is 0.0226. The Bertz CT molecular complexity index is 1370. The van der Waals surface area contributed by atoms with Crippen LogP contribution in [0.4, 0.5) is 10.5 Å². The minimum Gasteiger partial charge on any atom is -0.444 e. The molecule has 2 amide bonds. The molecule has 0 atom stereocenters. The van der Waals surface area contributed by atoms with Crippen LogP contribution in [0.25, 0.3) is 17.0 Å². The third kappa shape index (κ3) is 5.48. The zero-order valence-electron chi connectivity index (χ0n) is 20.4. The van der Waals surface area contributed by atoms with Crippen molar-refractivity contribution in [1.29, 1.82) is 0 Å². The highest BCUT2D eigenvalue weighted by Crippen LogP contribution is 2.25. The number of anilines is 1. The van der Waals surface area contributed by atoms with E-state index in [2.05, 4.69) is 20.4 Å². The summed E-state index contributed by atoms with van der Waals surface area (Å²) in [4.78, 5) is 35.5. The van der Waals surface area contributed by atoms with Crippen molar-refractivity contribution in [3.05, 3.63) is 65.9 Å². The molecule has 0 bridgehead atoms. The number of fused-ring (bicyclic) bond motifs is 1. The zero-order chi connectivity index (χ0) is 25.2. The van der Waals surface area contributed by atoms with E-state index in [1.54, 1.807) is 22.9 Å². The molecule has 0 saturated heterocycles. The van der Waals surface area contributed by atoms with Gasteiger partial charge in [0.1, 0.15) is 23.5 Å². The molecule has 0 aliphatic heterocycles. The first-order chi connectivity index (χ1) is 16.6. The van der Waals surface area contributed by atoms with Crippen molar-refractivity contribution in [3.63, 3.8) is 0 Å². The zero-order valence-corrected chi connectivity index (χ0v) is 20.4. The molecule has 1 N–H and O–H groups in total. The number of aromatic nitrogens is 4. The van der Waals surface area contributed by atoms with Gasteiger partial charge in [-0.05, 0) is 58.4 Å². The van der Waals surface area contributed by atoms with E-state index in [1.807, 2.05) is 65.0 Å². The number of amides is 2. The standard InChI is InChI=1S/C25H28N6O4/c1-6-30(24(33)34-25(3,4)5)15-21-28-22(29-35-21)17-11-10-16(2)18(13-17)27-23(32)19-14-26-20-9-7-8-12-31(19)20/h7-14H,6,15H2,1-5H3,(H,27,32). The first-order valence-electron chi connectivity index (χ1n) is 11.3. The van der Waals surface area contributed by atoms with E-state index in [-0.39, 0.29) is 18.3 Å². The predicted octanol–water partition coefficient (Wildman–Crippen LogP) is 4.70. The number of nitrogens with zero attached hydrogens (tertiary/aromatic N) is 5. The number of ether oxygens (including phenoxy) is 1. The number of carbonyl (C=O) groups excluding carboxylic acids is 2. The summed E-state index contributed by atoms with van der Waals surface area (Å²) in [5, 5.41) is 7.00. The van der Waals surface area contributed by atoms with Gasteiger partial charge in [-0.1, -0.05) is 23.4 Å². The first-order valence-corrected chi connectivity index (χ1v) is 11.3. The molecule has 4 aromatic rings. The number of carbonyl (C=O) groups is 2. The fourth-order valence-corrected chi connectivity index (χ4v) is 3.41. The Morgan fingerprint density at radius 2 is 2.00 bits per heavy atom.